The Balaban J connectivity index is 1.65. The summed E-state index contributed by atoms with van der Waals surface area (Å²) in [6, 6.07) is 13.6. The second kappa shape index (κ2) is 9.18. The van der Waals surface area contributed by atoms with Crippen molar-refractivity contribution in [3.8, 4) is 5.75 Å². The smallest absolute Gasteiger partial charge is 0.266 e. The molecule has 0 saturated carbocycles. The molecule has 1 aliphatic heterocycles. The summed E-state index contributed by atoms with van der Waals surface area (Å²) in [5.74, 6) is 0.284. The predicted molar refractivity (Wildman–Crippen MR) is 119 cm³/mol. The van der Waals surface area contributed by atoms with Crippen LogP contribution in [0.1, 0.15) is 29.8 Å². The van der Waals surface area contributed by atoms with Gasteiger partial charge in [-0.15, -0.1) is 0 Å². The van der Waals surface area contributed by atoms with Crippen molar-refractivity contribution in [3.05, 3.63) is 88.6 Å². The van der Waals surface area contributed by atoms with E-state index >= 15 is 0 Å². The molecule has 1 heterocycles. The van der Waals surface area contributed by atoms with E-state index in [2.05, 4.69) is 5.32 Å². The lowest BCUT2D eigenvalue weighted by Crippen LogP contribution is -2.48. The molecule has 0 unspecified atom stereocenters. The average molecular weight is 425 g/mol. The van der Waals surface area contributed by atoms with Gasteiger partial charge in [-0.2, -0.15) is 0 Å². The Morgan fingerprint density at radius 2 is 1.67 bits per heavy atom. The molecule has 0 spiro atoms. The number of hydrogen-bond donors (Lipinski definition) is 1. The van der Waals surface area contributed by atoms with E-state index in [1.807, 2.05) is 18.4 Å². The molecule has 0 aliphatic carbocycles. The molecule has 2 aromatic carbocycles. The first-order chi connectivity index (χ1) is 14.3. The summed E-state index contributed by atoms with van der Waals surface area (Å²) >= 11 is 5.88. The van der Waals surface area contributed by atoms with Gasteiger partial charge in [-0.25, -0.2) is 0 Å². The molecule has 0 fully saturated rings. The number of rotatable bonds is 7. The van der Waals surface area contributed by atoms with Gasteiger partial charge in [-0.1, -0.05) is 23.8 Å². The fourth-order valence-electron chi connectivity index (χ4n) is 3.20. The van der Waals surface area contributed by atoms with Crippen LogP contribution in [0.15, 0.2) is 72.5 Å². The third-order valence-corrected chi connectivity index (χ3v) is 4.98. The molecule has 156 valence electrons. The Labute approximate surface area is 182 Å². The highest BCUT2D eigenvalue weighted by Gasteiger charge is 2.33. The van der Waals surface area contributed by atoms with Gasteiger partial charge in [0, 0.05) is 42.5 Å². The number of ether oxygens (including phenoxy) is 1. The molecule has 1 aliphatic rings. The third kappa shape index (κ3) is 5.30. The average Bonchev–Trinajstić information content (AvgIpc) is 2.74. The zero-order valence-electron chi connectivity index (χ0n) is 17.3. The monoisotopic (exact) mass is 424 g/mol. The molecule has 0 saturated heterocycles. The van der Waals surface area contributed by atoms with Crippen LogP contribution in [0.25, 0.3) is 0 Å². The van der Waals surface area contributed by atoms with Gasteiger partial charge < -0.3 is 15.0 Å². The van der Waals surface area contributed by atoms with Crippen LogP contribution in [0, 0.1) is 0 Å². The minimum Gasteiger partial charge on any atom is -0.478 e. The first-order valence-corrected chi connectivity index (χ1v) is 10.1. The molecular formula is C24H25ClN2O3. The standard InChI is InChI=1S/C24H25ClN2O3/c1-24(2,23(29)27(3)16-17-5-4-14-26-15-17)30-21-12-8-19(9-13-21)22(28)18-6-10-20(25)11-7-18/h4-13,15,26H,14,16H2,1-3H3. The van der Waals surface area contributed by atoms with Gasteiger partial charge in [0.15, 0.2) is 11.4 Å². The summed E-state index contributed by atoms with van der Waals surface area (Å²) in [5, 5.41) is 3.72. The number of amides is 1. The molecule has 0 aromatic heterocycles. The van der Waals surface area contributed by atoms with E-state index in [-0.39, 0.29) is 11.7 Å². The number of nitrogens with zero attached hydrogens (tertiary/aromatic N) is 1. The van der Waals surface area contributed by atoms with E-state index in [1.165, 1.54) is 0 Å². The fraction of sp³-hybridized carbons (Fsp3) is 0.250. The van der Waals surface area contributed by atoms with E-state index in [0.29, 0.717) is 28.4 Å². The Morgan fingerprint density at radius 1 is 1.07 bits per heavy atom. The van der Waals surface area contributed by atoms with Crippen LogP contribution in [0.3, 0.4) is 0 Å². The van der Waals surface area contributed by atoms with Crippen LogP contribution in [0.4, 0.5) is 0 Å². The lowest BCUT2D eigenvalue weighted by atomic mass is 10.0. The highest BCUT2D eigenvalue weighted by molar-refractivity contribution is 6.30. The normalized spacial score (nSPS) is 13.3. The Bertz CT molecular complexity index is 977. The highest BCUT2D eigenvalue weighted by Crippen LogP contribution is 2.22. The summed E-state index contributed by atoms with van der Waals surface area (Å²) in [6.45, 7) is 4.76. The van der Waals surface area contributed by atoms with E-state index in [4.69, 9.17) is 16.3 Å². The van der Waals surface area contributed by atoms with Crippen molar-refractivity contribution < 1.29 is 14.3 Å². The predicted octanol–water partition coefficient (Wildman–Crippen LogP) is 4.23. The van der Waals surface area contributed by atoms with E-state index in [1.54, 1.807) is 74.3 Å². The molecule has 2 aromatic rings. The minimum atomic E-state index is -1.05. The summed E-state index contributed by atoms with van der Waals surface area (Å²) in [4.78, 5) is 27.1. The van der Waals surface area contributed by atoms with Crippen LogP contribution in [0.5, 0.6) is 5.75 Å². The number of ketones is 1. The number of dihydropyridines is 1. The minimum absolute atomic E-state index is 0.101. The summed E-state index contributed by atoms with van der Waals surface area (Å²) < 4.78 is 5.96. The van der Waals surface area contributed by atoms with Crippen molar-refractivity contribution in [1.29, 1.82) is 0 Å². The van der Waals surface area contributed by atoms with Gasteiger partial charge in [0.25, 0.3) is 5.91 Å². The van der Waals surface area contributed by atoms with Gasteiger partial charge in [0.2, 0.25) is 0 Å². The maximum absolute atomic E-state index is 12.9. The van der Waals surface area contributed by atoms with E-state index < -0.39 is 5.60 Å². The molecule has 0 bridgehead atoms. The van der Waals surface area contributed by atoms with Crippen molar-refractivity contribution in [1.82, 2.24) is 10.2 Å². The Hall–Kier alpha value is -3.05. The first-order valence-electron chi connectivity index (χ1n) is 9.70. The lowest BCUT2D eigenvalue weighted by Gasteiger charge is -2.30. The van der Waals surface area contributed by atoms with Crippen molar-refractivity contribution in [2.75, 3.05) is 20.1 Å². The van der Waals surface area contributed by atoms with Crippen LogP contribution < -0.4 is 10.1 Å². The SMILES string of the molecule is CN(CC1=CNCC=C1)C(=O)C(C)(C)Oc1ccc(C(=O)c2ccc(Cl)cc2)cc1. The third-order valence-electron chi connectivity index (χ3n) is 4.73. The van der Waals surface area contributed by atoms with Crippen molar-refractivity contribution in [3.63, 3.8) is 0 Å². The summed E-state index contributed by atoms with van der Waals surface area (Å²) in [5.41, 5.74) is 1.07. The van der Waals surface area contributed by atoms with Gasteiger partial charge in [-0.05, 0) is 68.0 Å². The highest BCUT2D eigenvalue weighted by atomic mass is 35.5. The number of hydrogen-bond acceptors (Lipinski definition) is 4. The molecule has 1 N–H and O–H groups in total. The van der Waals surface area contributed by atoms with Crippen LogP contribution in [0.2, 0.25) is 5.02 Å². The number of benzene rings is 2. The van der Waals surface area contributed by atoms with E-state index in [0.717, 1.165) is 12.1 Å². The quantitative estimate of drug-likeness (QED) is 0.676. The van der Waals surface area contributed by atoms with Gasteiger partial charge in [-0.3, -0.25) is 9.59 Å². The molecule has 0 atom stereocenters. The van der Waals surface area contributed by atoms with Crippen molar-refractivity contribution in [2.24, 2.45) is 0 Å². The molecule has 5 nitrogen and oxygen atoms in total. The van der Waals surface area contributed by atoms with Crippen molar-refractivity contribution >= 4 is 23.3 Å². The number of likely N-dealkylation sites (N-methyl/N-ethyl adjacent to an activating group) is 1. The lowest BCUT2D eigenvalue weighted by molar-refractivity contribution is -0.143. The van der Waals surface area contributed by atoms with Gasteiger partial charge >= 0.3 is 0 Å². The second-order valence-corrected chi connectivity index (χ2v) is 8.10. The van der Waals surface area contributed by atoms with Gasteiger partial charge in [0.05, 0.1) is 0 Å². The van der Waals surface area contributed by atoms with Gasteiger partial charge in [0.1, 0.15) is 5.75 Å². The number of carbonyl (C=O) groups excluding carboxylic acids is 2. The van der Waals surface area contributed by atoms with Crippen LogP contribution in [-0.4, -0.2) is 42.3 Å². The van der Waals surface area contributed by atoms with E-state index in [9.17, 15) is 9.59 Å². The van der Waals surface area contributed by atoms with Crippen LogP contribution in [-0.2, 0) is 4.79 Å². The number of halogens is 1. The van der Waals surface area contributed by atoms with Crippen LogP contribution >= 0.6 is 11.6 Å². The summed E-state index contributed by atoms with van der Waals surface area (Å²) in [6.07, 6.45) is 5.93. The zero-order chi connectivity index (χ0) is 21.7. The summed E-state index contributed by atoms with van der Waals surface area (Å²) in [7, 11) is 1.75. The Morgan fingerprint density at radius 3 is 2.23 bits per heavy atom. The molecule has 1 amide bonds. The number of carbonyl (C=O) groups is 2. The van der Waals surface area contributed by atoms with Crippen molar-refractivity contribution in [2.45, 2.75) is 19.4 Å². The second-order valence-electron chi connectivity index (χ2n) is 7.66. The fourth-order valence-corrected chi connectivity index (χ4v) is 3.33. The molecular weight excluding hydrogens is 400 g/mol. The maximum Gasteiger partial charge on any atom is 0.266 e. The molecule has 0 radical (unpaired) electrons. The Kier molecular flexibility index (Phi) is 6.63. The molecule has 3 rings (SSSR count). The zero-order valence-corrected chi connectivity index (χ0v) is 18.1. The number of nitrogens with one attached hydrogen (secondary N) is 1. The first kappa shape index (κ1) is 21.7. The topological polar surface area (TPSA) is 58.6 Å². The molecule has 6 heteroatoms. The largest absolute Gasteiger partial charge is 0.478 e. The maximum atomic E-state index is 12.9. The molecule has 30 heavy (non-hydrogen) atoms.